The van der Waals surface area contributed by atoms with Crippen molar-refractivity contribution in [3.63, 3.8) is 0 Å². The van der Waals surface area contributed by atoms with Crippen LogP contribution in [-0.2, 0) is 9.53 Å². The van der Waals surface area contributed by atoms with E-state index in [4.69, 9.17) is 0 Å². The van der Waals surface area contributed by atoms with Crippen LogP contribution in [0.2, 0.25) is 0 Å². The Hall–Kier alpha value is -0.310. The number of methoxy groups -OCH3 is 1. The van der Waals surface area contributed by atoms with Crippen LogP contribution in [0.3, 0.4) is 0 Å². The van der Waals surface area contributed by atoms with Gasteiger partial charge in [0.05, 0.1) is 7.11 Å². The number of likely N-dealkylation sites (N-methyl/N-ethyl adjacent to an activating group) is 1. The predicted octanol–water partition coefficient (Wildman–Crippen LogP) is 1.11. The van der Waals surface area contributed by atoms with Crippen LogP contribution >= 0.6 is 34.9 Å². The molecular formula is C8H13N3O2S3. The van der Waals surface area contributed by atoms with Crippen LogP contribution in [0.4, 0.5) is 0 Å². The summed E-state index contributed by atoms with van der Waals surface area (Å²) < 4.78 is 6.47. The first-order chi connectivity index (χ1) is 7.71. The monoisotopic (exact) mass is 279 g/mol. The summed E-state index contributed by atoms with van der Waals surface area (Å²) in [5, 5.41) is 10.9. The van der Waals surface area contributed by atoms with E-state index >= 15 is 0 Å². The summed E-state index contributed by atoms with van der Waals surface area (Å²) >= 11 is 4.59. The predicted molar refractivity (Wildman–Crippen MR) is 67.3 cm³/mol. The van der Waals surface area contributed by atoms with Crippen LogP contribution < -0.4 is 5.32 Å². The molecular weight excluding hydrogens is 266 g/mol. The van der Waals surface area contributed by atoms with Gasteiger partial charge in [0.1, 0.15) is 6.04 Å². The SMILES string of the molecule is CNC(CSc1nnc(SC)s1)C(=O)OC. The Bertz CT molecular complexity index is 345. The number of carbonyl (C=O) groups excluding carboxylic acids is 1. The third-order valence-corrected chi connectivity index (χ3v) is 4.90. The van der Waals surface area contributed by atoms with Crippen LogP contribution in [0.25, 0.3) is 0 Å². The molecule has 0 aliphatic carbocycles. The average molecular weight is 279 g/mol. The standard InChI is InChI=1S/C8H13N3O2S3/c1-9-5(6(12)13-2)4-15-8-11-10-7(14-3)16-8/h5,9H,4H2,1-3H3. The zero-order valence-electron chi connectivity index (χ0n) is 9.22. The first kappa shape index (κ1) is 13.8. The number of ether oxygens (including phenoxy) is 1. The van der Waals surface area contributed by atoms with Gasteiger partial charge in [-0.3, -0.25) is 4.79 Å². The molecule has 8 heteroatoms. The Labute approximate surface area is 107 Å². The van der Waals surface area contributed by atoms with Gasteiger partial charge in [0.2, 0.25) is 0 Å². The van der Waals surface area contributed by atoms with E-state index in [0.29, 0.717) is 5.75 Å². The van der Waals surface area contributed by atoms with Crippen LogP contribution in [0.5, 0.6) is 0 Å². The Morgan fingerprint density at radius 3 is 2.75 bits per heavy atom. The smallest absolute Gasteiger partial charge is 0.323 e. The van der Waals surface area contributed by atoms with Gasteiger partial charge < -0.3 is 10.1 Å². The largest absolute Gasteiger partial charge is 0.468 e. The van der Waals surface area contributed by atoms with E-state index in [1.165, 1.54) is 30.2 Å². The highest BCUT2D eigenvalue weighted by Gasteiger charge is 2.17. The molecule has 90 valence electrons. The van der Waals surface area contributed by atoms with E-state index in [2.05, 4.69) is 20.3 Å². The number of esters is 1. The van der Waals surface area contributed by atoms with E-state index in [9.17, 15) is 4.79 Å². The maximum Gasteiger partial charge on any atom is 0.323 e. The summed E-state index contributed by atoms with van der Waals surface area (Å²) in [6.07, 6.45) is 1.96. The summed E-state index contributed by atoms with van der Waals surface area (Å²) in [7, 11) is 3.11. The maximum absolute atomic E-state index is 11.3. The number of rotatable bonds is 6. The first-order valence-corrected chi connectivity index (χ1v) is 7.49. The highest BCUT2D eigenvalue weighted by atomic mass is 32.2. The van der Waals surface area contributed by atoms with Crippen molar-refractivity contribution in [1.29, 1.82) is 0 Å². The lowest BCUT2D eigenvalue weighted by Gasteiger charge is -2.11. The third kappa shape index (κ3) is 3.93. The number of carbonyl (C=O) groups is 1. The van der Waals surface area contributed by atoms with Crippen LogP contribution in [0.1, 0.15) is 0 Å². The van der Waals surface area contributed by atoms with E-state index in [-0.39, 0.29) is 12.0 Å². The molecule has 1 aromatic heterocycles. The average Bonchev–Trinajstić information content (AvgIpc) is 2.77. The second-order valence-corrected chi connectivity index (χ2v) is 6.01. The van der Waals surface area contributed by atoms with Crippen molar-refractivity contribution in [3.05, 3.63) is 0 Å². The van der Waals surface area contributed by atoms with E-state index < -0.39 is 0 Å². The quantitative estimate of drug-likeness (QED) is 0.618. The number of hydrogen-bond donors (Lipinski definition) is 1. The van der Waals surface area contributed by atoms with E-state index in [1.807, 2.05) is 6.26 Å². The van der Waals surface area contributed by atoms with Crippen molar-refractivity contribution in [1.82, 2.24) is 15.5 Å². The molecule has 1 rings (SSSR count). The lowest BCUT2D eigenvalue weighted by Crippen LogP contribution is -2.37. The summed E-state index contributed by atoms with van der Waals surface area (Å²) in [5.74, 6) is 0.330. The molecule has 0 aromatic carbocycles. The zero-order chi connectivity index (χ0) is 12.0. The summed E-state index contributed by atoms with van der Waals surface area (Å²) in [6.45, 7) is 0. The molecule has 0 spiro atoms. The summed E-state index contributed by atoms with van der Waals surface area (Å²) in [6, 6.07) is -0.309. The molecule has 0 radical (unpaired) electrons. The lowest BCUT2D eigenvalue weighted by molar-refractivity contribution is -0.142. The highest BCUT2D eigenvalue weighted by Crippen LogP contribution is 2.27. The maximum atomic E-state index is 11.3. The minimum absolute atomic E-state index is 0.260. The number of thioether (sulfide) groups is 2. The van der Waals surface area contributed by atoms with Gasteiger partial charge in [-0.1, -0.05) is 34.9 Å². The van der Waals surface area contributed by atoms with Gasteiger partial charge in [-0.25, -0.2) is 0 Å². The van der Waals surface area contributed by atoms with E-state index in [1.54, 1.807) is 18.8 Å². The molecule has 1 aromatic rings. The van der Waals surface area contributed by atoms with Crippen molar-refractivity contribution < 1.29 is 9.53 Å². The third-order valence-electron chi connectivity index (χ3n) is 1.77. The van der Waals surface area contributed by atoms with Crippen molar-refractivity contribution in [2.24, 2.45) is 0 Å². The zero-order valence-corrected chi connectivity index (χ0v) is 11.7. The van der Waals surface area contributed by atoms with Crippen molar-refractivity contribution >= 4 is 40.8 Å². The molecule has 0 aliphatic heterocycles. The lowest BCUT2D eigenvalue weighted by atomic mass is 10.3. The number of hydrogen-bond acceptors (Lipinski definition) is 8. The fourth-order valence-electron chi connectivity index (χ4n) is 0.904. The molecule has 0 bridgehead atoms. The topological polar surface area (TPSA) is 64.1 Å². The minimum Gasteiger partial charge on any atom is -0.468 e. The molecule has 0 saturated carbocycles. The number of nitrogens with one attached hydrogen (secondary N) is 1. The normalized spacial score (nSPS) is 12.4. The summed E-state index contributed by atoms with van der Waals surface area (Å²) in [4.78, 5) is 11.3. The first-order valence-electron chi connectivity index (χ1n) is 4.46. The van der Waals surface area contributed by atoms with Gasteiger partial charge in [0.15, 0.2) is 8.68 Å². The van der Waals surface area contributed by atoms with Crippen molar-refractivity contribution in [3.8, 4) is 0 Å². The van der Waals surface area contributed by atoms with Gasteiger partial charge in [0, 0.05) is 5.75 Å². The molecule has 1 heterocycles. The fourth-order valence-corrected chi connectivity index (χ4v) is 3.45. The van der Waals surface area contributed by atoms with Crippen LogP contribution in [0.15, 0.2) is 8.68 Å². The van der Waals surface area contributed by atoms with E-state index in [0.717, 1.165) is 8.68 Å². The van der Waals surface area contributed by atoms with Gasteiger partial charge in [-0.2, -0.15) is 0 Å². The summed E-state index contributed by atoms with van der Waals surface area (Å²) in [5.41, 5.74) is 0. The Morgan fingerprint density at radius 2 is 2.25 bits per heavy atom. The molecule has 1 N–H and O–H groups in total. The minimum atomic E-state index is -0.309. The highest BCUT2D eigenvalue weighted by molar-refractivity contribution is 8.03. The van der Waals surface area contributed by atoms with Gasteiger partial charge in [-0.15, -0.1) is 10.2 Å². The van der Waals surface area contributed by atoms with Gasteiger partial charge >= 0.3 is 5.97 Å². The molecule has 1 atom stereocenters. The Kier molecular flexibility index (Phi) is 6.10. The number of nitrogens with zero attached hydrogens (tertiary/aromatic N) is 2. The second kappa shape index (κ2) is 7.10. The fraction of sp³-hybridized carbons (Fsp3) is 0.625. The molecule has 0 saturated heterocycles. The molecule has 5 nitrogen and oxygen atoms in total. The van der Waals surface area contributed by atoms with Crippen molar-refractivity contribution in [2.75, 3.05) is 26.2 Å². The Morgan fingerprint density at radius 1 is 1.56 bits per heavy atom. The molecule has 1 unspecified atom stereocenters. The van der Waals surface area contributed by atoms with Crippen LogP contribution in [-0.4, -0.2) is 48.4 Å². The molecule has 0 amide bonds. The molecule has 0 aliphatic rings. The van der Waals surface area contributed by atoms with Crippen molar-refractivity contribution in [2.45, 2.75) is 14.7 Å². The Balaban J connectivity index is 2.46. The van der Waals surface area contributed by atoms with Crippen LogP contribution in [0, 0.1) is 0 Å². The van der Waals surface area contributed by atoms with Gasteiger partial charge in [0.25, 0.3) is 0 Å². The molecule has 16 heavy (non-hydrogen) atoms. The molecule has 0 fully saturated rings. The van der Waals surface area contributed by atoms with Gasteiger partial charge in [-0.05, 0) is 13.3 Å². The second-order valence-electron chi connectivity index (χ2n) is 2.71. The number of aromatic nitrogens is 2.